The molecular formula is C21H35F2NO5S. The van der Waals surface area contributed by atoms with Gasteiger partial charge in [0.05, 0.1) is 6.61 Å². The van der Waals surface area contributed by atoms with Gasteiger partial charge in [0.25, 0.3) is 0 Å². The monoisotopic (exact) mass is 451 g/mol. The molecule has 2 N–H and O–H groups in total. The minimum Gasteiger partial charge on any atom is -0.450 e. The first-order chi connectivity index (χ1) is 14.1. The Labute approximate surface area is 178 Å². The van der Waals surface area contributed by atoms with Gasteiger partial charge in [-0.3, -0.25) is 4.55 Å². The van der Waals surface area contributed by atoms with Crippen molar-refractivity contribution in [1.29, 1.82) is 0 Å². The van der Waals surface area contributed by atoms with Crippen molar-refractivity contribution in [2.45, 2.75) is 101 Å². The molecule has 0 aliphatic heterocycles. The lowest BCUT2D eigenvalue weighted by Gasteiger charge is -2.56. The van der Waals surface area contributed by atoms with E-state index in [-0.39, 0.29) is 18.1 Å². The van der Waals surface area contributed by atoms with Gasteiger partial charge >= 0.3 is 21.5 Å². The van der Waals surface area contributed by atoms with Crippen molar-refractivity contribution in [3.05, 3.63) is 0 Å². The molecule has 9 heteroatoms. The van der Waals surface area contributed by atoms with Gasteiger partial charge < -0.3 is 10.1 Å². The quantitative estimate of drug-likeness (QED) is 0.311. The maximum atomic E-state index is 13.1. The summed E-state index contributed by atoms with van der Waals surface area (Å²) in [7, 11) is -5.31. The van der Waals surface area contributed by atoms with Crippen LogP contribution in [-0.2, 0) is 14.9 Å². The van der Waals surface area contributed by atoms with Crippen LogP contribution in [0, 0.1) is 17.8 Å². The summed E-state index contributed by atoms with van der Waals surface area (Å²) < 4.78 is 61.0. The van der Waals surface area contributed by atoms with Crippen LogP contribution in [0.3, 0.4) is 0 Å². The van der Waals surface area contributed by atoms with E-state index in [2.05, 4.69) is 5.32 Å². The van der Waals surface area contributed by atoms with Crippen molar-refractivity contribution in [3.63, 3.8) is 0 Å². The number of carbonyl (C=O) groups is 1. The molecule has 0 heterocycles. The molecule has 0 aromatic rings. The highest BCUT2D eigenvalue weighted by molar-refractivity contribution is 7.86. The largest absolute Gasteiger partial charge is 0.450 e. The van der Waals surface area contributed by atoms with E-state index in [0.29, 0.717) is 13.0 Å². The van der Waals surface area contributed by atoms with Crippen LogP contribution in [0.15, 0.2) is 0 Å². The standard InChI is InChI=1S/C21H35F2NO5S/c22-21(23,30(26,27)28)8-6-4-2-1-3-5-7-9-29-19(25)24-20-13-16-10-17(14-20)12-18(11-16)15-20/h16-18H,1-15H2,(H,24,25)(H,26,27,28). The van der Waals surface area contributed by atoms with Gasteiger partial charge in [-0.05, 0) is 69.1 Å². The van der Waals surface area contributed by atoms with E-state index in [1.807, 2.05) is 0 Å². The Morgan fingerprint density at radius 2 is 1.40 bits per heavy atom. The van der Waals surface area contributed by atoms with E-state index in [9.17, 15) is 22.0 Å². The van der Waals surface area contributed by atoms with Crippen LogP contribution in [0.25, 0.3) is 0 Å². The van der Waals surface area contributed by atoms with Crippen molar-refractivity contribution >= 4 is 16.2 Å². The van der Waals surface area contributed by atoms with Gasteiger partial charge in [-0.2, -0.15) is 17.2 Å². The highest BCUT2D eigenvalue weighted by Gasteiger charge is 2.51. The minimum atomic E-state index is -5.31. The molecule has 0 aromatic carbocycles. The normalized spacial score (nSPS) is 30.4. The first-order valence-corrected chi connectivity index (χ1v) is 12.8. The highest BCUT2D eigenvalue weighted by Crippen LogP contribution is 2.55. The molecule has 4 aliphatic rings. The fraction of sp³-hybridized carbons (Fsp3) is 0.952. The molecule has 4 rings (SSSR count). The van der Waals surface area contributed by atoms with Gasteiger partial charge in [0.1, 0.15) is 0 Å². The Morgan fingerprint density at radius 3 is 1.90 bits per heavy atom. The Bertz CT molecular complexity index is 662. The van der Waals surface area contributed by atoms with Crippen LogP contribution in [0.5, 0.6) is 0 Å². The Morgan fingerprint density at radius 1 is 0.933 bits per heavy atom. The molecule has 1 amide bonds. The van der Waals surface area contributed by atoms with Crippen molar-refractivity contribution in [2.75, 3.05) is 6.61 Å². The summed E-state index contributed by atoms with van der Waals surface area (Å²) in [4.78, 5) is 12.2. The second-order valence-electron chi connectivity index (χ2n) is 9.80. The number of rotatable bonds is 12. The van der Waals surface area contributed by atoms with Crippen LogP contribution in [-0.4, -0.2) is 36.5 Å². The minimum absolute atomic E-state index is 0.0298. The third-order valence-electron chi connectivity index (χ3n) is 7.13. The van der Waals surface area contributed by atoms with E-state index >= 15 is 0 Å². The molecule has 0 atom stereocenters. The zero-order valence-electron chi connectivity index (χ0n) is 17.6. The number of nitrogens with one attached hydrogen (secondary N) is 1. The number of alkyl halides is 2. The highest BCUT2D eigenvalue weighted by atomic mass is 32.2. The number of amides is 1. The summed E-state index contributed by atoms with van der Waals surface area (Å²) in [5.74, 6) is 2.32. The molecule has 4 bridgehead atoms. The van der Waals surface area contributed by atoms with Crippen molar-refractivity contribution in [2.24, 2.45) is 17.8 Å². The lowest BCUT2D eigenvalue weighted by molar-refractivity contribution is -0.0191. The van der Waals surface area contributed by atoms with E-state index < -0.39 is 21.8 Å². The first-order valence-electron chi connectivity index (χ1n) is 11.4. The number of halogens is 2. The maximum absolute atomic E-state index is 13.1. The molecule has 0 aromatic heterocycles. The Balaban J connectivity index is 1.18. The fourth-order valence-corrected chi connectivity index (χ4v) is 6.53. The average Bonchev–Trinajstić information content (AvgIpc) is 2.60. The molecule has 4 aliphatic carbocycles. The SMILES string of the molecule is O=C(NC12CC3CC(CC(C3)C1)C2)OCCCCCCCCCC(F)(F)S(=O)(=O)O. The molecule has 0 spiro atoms. The van der Waals surface area contributed by atoms with Gasteiger partial charge in [-0.1, -0.05) is 32.1 Å². The summed E-state index contributed by atoms with van der Waals surface area (Å²) >= 11 is 0. The van der Waals surface area contributed by atoms with Crippen molar-refractivity contribution in [1.82, 2.24) is 5.32 Å². The Kier molecular flexibility index (Phi) is 7.64. The summed E-state index contributed by atoms with van der Waals surface area (Å²) in [6.07, 6.45) is 10.9. The smallest absolute Gasteiger partial charge is 0.407 e. The lowest BCUT2D eigenvalue weighted by Crippen LogP contribution is -2.59. The van der Waals surface area contributed by atoms with E-state index in [4.69, 9.17) is 9.29 Å². The molecule has 4 saturated carbocycles. The second-order valence-corrected chi connectivity index (χ2v) is 11.3. The van der Waals surface area contributed by atoms with Crippen LogP contribution < -0.4 is 5.32 Å². The van der Waals surface area contributed by atoms with Gasteiger partial charge in [0, 0.05) is 12.0 Å². The molecule has 6 nitrogen and oxygen atoms in total. The number of hydrogen-bond donors (Lipinski definition) is 2. The molecule has 0 saturated heterocycles. The number of carbonyl (C=O) groups excluding carboxylic acids is 1. The first kappa shape index (κ1) is 23.7. The maximum Gasteiger partial charge on any atom is 0.407 e. The topological polar surface area (TPSA) is 92.7 Å². The third-order valence-corrected chi connectivity index (χ3v) is 8.09. The number of unbranched alkanes of at least 4 members (excludes halogenated alkanes) is 6. The summed E-state index contributed by atoms with van der Waals surface area (Å²) in [6.45, 7) is 0.388. The summed E-state index contributed by atoms with van der Waals surface area (Å²) in [5, 5.41) is -0.865. The van der Waals surface area contributed by atoms with Crippen LogP contribution in [0.2, 0.25) is 0 Å². The van der Waals surface area contributed by atoms with Gasteiger partial charge in [-0.25, -0.2) is 4.79 Å². The average molecular weight is 452 g/mol. The van der Waals surface area contributed by atoms with Crippen molar-refractivity contribution in [3.8, 4) is 0 Å². The lowest BCUT2D eigenvalue weighted by atomic mass is 9.53. The van der Waals surface area contributed by atoms with Gasteiger partial charge in [-0.15, -0.1) is 0 Å². The molecule has 30 heavy (non-hydrogen) atoms. The van der Waals surface area contributed by atoms with E-state index in [0.717, 1.165) is 69.1 Å². The molecule has 0 unspecified atom stereocenters. The second kappa shape index (κ2) is 9.67. The van der Waals surface area contributed by atoms with E-state index in [1.54, 1.807) is 0 Å². The predicted octanol–water partition coefficient (Wildman–Crippen LogP) is 5.28. The van der Waals surface area contributed by atoms with Crippen LogP contribution in [0.4, 0.5) is 13.6 Å². The Hall–Kier alpha value is -0.960. The zero-order valence-corrected chi connectivity index (χ0v) is 18.4. The zero-order chi connectivity index (χ0) is 21.8. The number of alkyl carbamates (subject to hydrolysis) is 1. The molecule has 4 fully saturated rings. The number of ether oxygens (including phenoxy) is 1. The molecule has 0 radical (unpaired) electrons. The van der Waals surface area contributed by atoms with Crippen molar-refractivity contribution < 1.29 is 31.3 Å². The van der Waals surface area contributed by atoms with Crippen LogP contribution in [0.1, 0.15) is 89.9 Å². The summed E-state index contributed by atoms with van der Waals surface area (Å²) in [5.41, 5.74) is -0.0298. The van der Waals surface area contributed by atoms with Gasteiger partial charge in [0.2, 0.25) is 0 Å². The summed E-state index contributed by atoms with van der Waals surface area (Å²) in [6, 6.07) is 0. The van der Waals surface area contributed by atoms with Crippen LogP contribution >= 0.6 is 0 Å². The molecule has 174 valence electrons. The van der Waals surface area contributed by atoms with E-state index in [1.165, 1.54) is 19.3 Å². The fourth-order valence-electron chi connectivity index (χ4n) is 6.13. The number of hydrogen-bond acceptors (Lipinski definition) is 4. The van der Waals surface area contributed by atoms with Gasteiger partial charge in [0.15, 0.2) is 0 Å². The predicted molar refractivity (Wildman–Crippen MR) is 109 cm³/mol. The molecular weight excluding hydrogens is 416 g/mol. The third kappa shape index (κ3) is 6.28.